The Morgan fingerprint density at radius 3 is 2.33 bits per heavy atom. The van der Waals surface area contributed by atoms with Gasteiger partial charge in [0.2, 0.25) is 0 Å². The van der Waals surface area contributed by atoms with Crippen molar-refractivity contribution in [3.8, 4) is 0 Å². The van der Waals surface area contributed by atoms with Crippen LogP contribution < -0.4 is 11.3 Å². The molecule has 0 aliphatic heterocycles. The van der Waals surface area contributed by atoms with Crippen molar-refractivity contribution in [3.63, 3.8) is 0 Å². The molecule has 0 amide bonds. The average molecular weight is 291 g/mol. The lowest BCUT2D eigenvalue weighted by Gasteiger charge is -2.34. The van der Waals surface area contributed by atoms with Gasteiger partial charge in [-0.3, -0.25) is 11.3 Å². The summed E-state index contributed by atoms with van der Waals surface area (Å²) in [6, 6.07) is 5.40. The van der Waals surface area contributed by atoms with Crippen LogP contribution in [0.1, 0.15) is 26.3 Å². The summed E-state index contributed by atoms with van der Waals surface area (Å²) in [5, 5.41) is 1.30. The molecule has 0 saturated heterocycles. The van der Waals surface area contributed by atoms with Crippen molar-refractivity contribution < 1.29 is 4.74 Å². The summed E-state index contributed by atoms with van der Waals surface area (Å²) in [5.74, 6) is 5.62. The highest BCUT2D eigenvalue weighted by molar-refractivity contribution is 6.36. The smallest absolute Gasteiger partial charge is 0.0795 e. The molecule has 0 saturated carbocycles. The van der Waals surface area contributed by atoms with E-state index in [1.165, 1.54) is 0 Å². The summed E-state index contributed by atoms with van der Waals surface area (Å²) in [6.07, 6.45) is 0.613. The van der Waals surface area contributed by atoms with Gasteiger partial charge in [0, 0.05) is 16.7 Å². The van der Waals surface area contributed by atoms with Crippen LogP contribution >= 0.6 is 23.2 Å². The Morgan fingerprint density at radius 2 is 1.89 bits per heavy atom. The Morgan fingerprint density at radius 1 is 1.33 bits per heavy atom. The molecule has 0 aliphatic carbocycles. The number of hydrazine groups is 1. The molecule has 102 valence electrons. The van der Waals surface area contributed by atoms with Crippen LogP contribution in [-0.2, 0) is 11.2 Å². The number of hydrogen-bond donors (Lipinski definition) is 2. The van der Waals surface area contributed by atoms with E-state index in [-0.39, 0.29) is 6.04 Å². The zero-order valence-corrected chi connectivity index (χ0v) is 12.5. The van der Waals surface area contributed by atoms with Gasteiger partial charge in [-0.2, -0.15) is 0 Å². The van der Waals surface area contributed by atoms with Gasteiger partial charge in [0.25, 0.3) is 0 Å². The second kappa shape index (κ2) is 6.73. The molecule has 0 aliphatic rings. The number of benzene rings is 1. The molecule has 0 heterocycles. The zero-order valence-electron chi connectivity index (χ0n) is 11.0. The van der Waals surface area contributed by atoms with Gasteiger partial charge in [0.05, 0.1) is 11.6 Å². The monoisotopic (exact) mass is 290 g/mol. The van der Waals surface area contributed by atoms with Crippen molar-refractivity contribution in [1.29, 1.82) is 0 Å². The molecule has 3 nitrogen and oxygen atoms in total. The number of rotatable bonds is 6. The standard InChI is InChI=1S/C13H20Cl2N2O/c1-4-18-13(2,3)12(17-16)8-9-10(14)6-5-7-11(9)15/h5-7,12,17H,4,8,16H2,1-3H3. The second-order valence-electron chi connectivity index (χ2n) is 4.66. The van der Waals surface area contributed by atoms with Crippen molar-refractivity contribution in [3.05, 3.63) is 33.8 Å². The molecule has 0 radical (unpaired) electrons. The molecule has 1 atom stereocenters. The molecule has 0 aromatic heterocycles. The Balaban J connectivity index is 2.93. The summed E-state index contributed by atoms with van der Waals surface area (Å²) >= 11 is 12.3. The van der Waals surface area contributed by atoms with Crippen LogP contribution in [0.4, 0.5) is 0 Å². The Hall–Kier alpha value is -0.320. The topological polar surface area (TPSA) is 47.3 Å². The van der Waals surface area contributed by atoms with Crippen molar-refractivity contribution in [2.24, 2.45) is 5.84 Å². The van der Waals surface area contributed by atoms with E-state index in [4.69, 9.17) is 33.8 Å². The summed E-state index contributed by atoms with van der Waals surface area (Å²) in [7, 11) is 0. The maximum atomic E-state index is 6.16. The van der Waals surface area contributed by atoms with Crippen molar-refractivity contribution >= 4 is 23.2 Å². The SMILES string of the molecule is CCOC(C)(C)C(Cc1c(Cl)cccc1Cl)NN. The van der Waals surface area contributed by atoms with Gasteiger partial charge in [-0.25, -0.2) is 0 Å². The molecule has 1 aromatic rings. The van der Waals surface area contributed by atoms with E-state index in [9.17, 15) is 0 Å². The van der Waals surface area contributed by atoms with Gasteiger partial charge < -0.3 is 4.74 Å². The van der Waals surface area contributed by atoms with Crippen LogP contribution in [-0.4, -0.2) is 18.2 Å². The van der Waals surface area contributed by atoms with Gasteiger partial charge in [0.15, 0.2) is 0 Å². The van der Waals surface area contributed by atoms with E-state index in [2.05, 4.69) is 5.43 Å². The molecule has 3 N–H and O–H groups in total. The van der Waals surface area contributed by atoms with Crippen molar-refractivity contribution in [2.45, 2.75) is 38.8 Å². The van der Waals surface area contributed by atoms with E-state index in [1.54, 1.807) is 0 Å². The van der Waals surface area contributed by atoms with Crippen LogP contribution in [0.3, 0.4) is 0 Å². The second-order valence-corrected chi connectivity index (χ2v) is 5.47. The number of halogens is 2. The minimum atomic E-state index is -0.397. The first-order chi connectivity index (χ1) is 8.42. The lowest BCUT2D eigenvalue weighted by Crippen LogP contribution is -2.52. The molecule has 0 fully saturated rings. The van der Waals surface area contributed by atoms with Gasteiger partial charge in [-0.05, 0) is 44.9 Å². The number of hydrogen-bond acceptors (Lipinski definition) is 3. The van der Waals surface area contributed by atoms with Gasteiger partial charge in [0.1, 0.15) is 0 Å². The van der Waals surface area contributed by atoms with Crippen LogP contribution in [0.25, 0.3) is 0 Å². The fourth-order valence-corrected chi connectivity index (χ4v) is 2.46. The van der Waals surface area contributed by atoms with Crippen LogP contribution in [0.15, 0.2) is 18.2 Å². The highest BCUT2D eigenvalue weighted by atomic mass is 35.5. The quantitative estimate of drug-likeness (QED) is 0.625. The Kier molecular flexibility index (Phi) is 5.89. The number of nitrogens with one attached hydrogen (secondary N) is 1. The third-order valence-electron chi connectivity index (χ3n) is 3.03. The molecule has 1 aromatic carbocycles. The molecular formula is C13H20Cl2N2O. The highest BCUT2D eigenvalue weighted by Crippen LogP contribution is 2.28. The molecule has 0 spiro atoms. The van der Waals surface area contributed by atoms with E-state index in [0.29, 0.717) is 23.1 Å². The maximum absolute atomic E-state index is 6.16. The third-order valence-corrected chi connectivity index (χ3v) is 3.73. The molecule has 1 unspecified atom stereocenters. The minimum absolute atomic E-state index is 0.0742. The normalized spacial score (nSPS) is 13.7. The Labute approximate surface area is 119 Å². The van der Waals surface area contributed by atoms with E-state index >= 15 is 0 Å². The van der Waals surface area contributed by atoms with Gasteiger partial charge in [-0.1, -0.05) is 29.3 Å². The largest absolute Gasteiger partial charge is 0.374 e. The number of nitrogens with two attached hydrogens (primary N) is 1. The fourth-order valence-electron chi connectivity index (χ4n) is 1.91. The third kappa shape index (κ3) is 3.84. The Bertz CT molecular complexity index is 376. The van der Waals surface area contributed by atoms with Crippen molar-refractivity contribution in [2.75, 3.05) is 6.61 Å². The fraction of sp³-hybridized carbons (Fsp3) is 0.538. The van der Waals surface area contributed by atoms with E-state index < -0.39 is 5.60 Å². The maximum Gasteiger partial charge on any atom is 0.0795 e. The lowest BCUT2D eigenvalue weighted by atomic mass is 9.92. The van der Waals surface area contributed by atoms with Crippen molar-refractivity contribution in [1.82, 2.24) is 5.43 Å². The molecule has 18 heavy (non-hydrogen) atoms. The first-order valence-electron chi connectivity index (χ1n) is 5.95. The molecule has 1 rings (SSSR count). The lowest BCUT2D eigenvalue weighted by molar-refractivity contribution is -0.0380. The predicted molar refractivity (Wildman–Crippen MR) is 77.0 cm³/mol. The minimum Gasteiger partial charge on any atom is -0.374 e. The average Bonchev–Trinajstić information content (AvgIpc) is 2.28. The van der Waals surface area contributed by atoms with Gasteiger partial charge >= 0.3 is 0 Å². The summed E-state index contributed by atoms with van der Waals surface area (Å²) in [4.78, 5) is 0. The summed E-state index contributed by atoms with van der Waals surface area (Å²) < 4.78 is 5.71. The first-order valence-corrected chi connectivity index (χ1v) is 6.71. The molecule has 5 heteroatoms. The van der Waals surface area contributed by atoms with E-state index in [0.717, 1.165) is 5.56 Å². The van der Waals surface area contributed by atoms with E-state index in [1.807, 2.05) is 39.0 Å². The first kappa shape index (κ1) is 15.7. The van der Waals surface area contributed by atoms with Crippen LogP contribution in [0, 0.1) is 0 Å². The predicted octanol–water partition coefficient (Wildman–Crippen LogP) is 3.18. The van der Waals surface area contributed by atoms with Crippen LogP contribution in [0.5, 0.6) is 0 Å². The summed E-state index contributed by atoms with van der Waals surface area (Å²) in [6.45, 7) is 6.57. The van der Waals surface area contributed by atoms with Gasteiger partial charge in [-0.15, -0.1) is 0 Å². The highest BCUT2D eigenvalue weighted by Gasteiger charge is 2.30. The molecule has 0 bridgehead atoms. The summed E-state index contributed by atoms with van der Waals surface area (Å²) in [5.41, 5.74) is 3.28. The zero-order chi connectivity index (χ0) is 13.8. The van der Waals surface area contributed by atoms with Crippen LogP contribution in [0.2, 0.25) is 10.0 Å². The molecular weight excluding hydrogens is 271 g/mol. The number of ether oxygens (including phenoxy) is 1.